The van der Waals surface area contributed by atoms with E-state index in [-0.39, 0.29) is 18.0 Å². The smallest absolute Gasteiger partial charge is 0.322 e. The number of hydrogen-bond acceptors (Lipinski definition) is 5. The summed E-state index contributed by atoms with van der Waals surface area (Å²) in [6.07, 6.45) is 2.05. The molecular formula is C13H13ClN4O2. The van der Waals surface area contributed by atoms with Gasteiger partial charge in [-0.1, -0.05) is 16.7 Å². The lowest BCUT2D eigenvalue weighted by Crippen LogP contribution is -2.13. The van der Waals surface area contributed by atoms with Crippen molar-refractivity contribution in [1.29, 1.82) is 0 Å². The molecule has 1 aliphatic rings. The van der Waals surface area contributed by atoms with E-state index >= 15 is 0 Å². The third-order valence-electron chi connectivity index (χ3n) is 3.13. The summed E-state index contributed by atoms with van der Waals surface area (Å²) < 4.78 is 5.44. The molecule has 1 atom stereocenters. The first-order valence-corrected chi connectivity index (χ1v) is 6.74. The van der Waals surface area contributed by atoms with Crippen LogP contribution in [0.5, 0.6) is 0 Å². The molecule has 0 radical (unpaired) electrons. The SMILES string of the molecule is O=C(Nc1nnc(C2CCCN2)o1)c1ccc(Cl)cc1. The maximum absolute atomic E-state index is 12.0. The Kier molecular flexibility index (Phi) is 3.66. The first-order chi connectivity index (χ1) is 9.72. The van der Waals surface area contributed by atoms with E-state index in [1.54, 1.807) is 24.3 Å². The molecule has 104 valence electrons. The zero-order valence-corrected chi connectivity index (χ0v) is 11.4. The Bertz CT molecular complexity index is 605. The lowest BCUT2D eigenvalue weighted by atomic mass is 10.2. The number of aromatic nitrogens is 2. The molecule has 2 aromatic rings. The van der Waals surface area contributed by atoms with Gasteiger partial charge in [0.15, 0.2) is 0 Å². The predicted octanol–water partition coefficient (Wildman–Crippen LogP) is 2.40. The lowest BCUT2D eigenvalue weighted by Gasteiger charge is -2.03. The number of rotatable bonds is 3. The molecule has 2 N–H and O–H groups in total. The second kappa shape index (κ2) is 5.60. The minimum absolute atomic E-state index is 0.0867. The zero-order valence-electron chi connectivity index (χ0n) is 10.6. The minimum Gasteiger partial charge on any atom is -0.406 e. The van der Waals surface area contributed by atoms with Crippen LogP contribution in [0.1, 0.15) is 35.1 Å². The fourth-order valence-electron chi connectivity index (χ4n) is 2.09. The molecule has 0 bridgehead atoms. The van der Waals surface area contributed by atoms with Crippen molar-refractivity contribution in [2.75, 3.05) is 11.9 Å². The molecule has 0 spiro atoms. The van der Waals surface area contributed by atoms with Crippen molar-refractivity contribution in [3.63, 3.8) is 0 Å². The largest absolute Gasteiger partial charge is 0.406 e. The van der Waals surface area contributed by atoms with E-state index in [9.17, 15) is 4.79 Å². The van der Waals surface area contributed by atoms with Crippen LogP contribution in [0.25, 0.3) is 0 Å². The number of hydrogen-bond donors (Lipinski definition) is 2. The monoisotopic (exact) mass is 292 g/mol. The molecule has 1 aromatic carbocycles. The molecule has 1 amide bonds. The third kappa shape index (κ3) is 2.81. The molecule has 1 saturated heterocycles. The number of carbonyl (C=O) groups is 1. The quantitative estimate of drug-likeness (QED) is 0.908. The molecule has 1 aliphatic heterocycles. The van der Waals surface area contributed by atoms with Crippen LogP contribution in [0.2, 0.25) is 5.02 Å². The summed E-state index contributed by atoms with van der Waals surface area (Å²) in [6.45, 7) is 0.944. The second-order valence-corrected chi connectivity index (χ2v) is 4.99. The Morgan fingerprint density at radius 3 is 2.85 bits per heavy atom. The second-order valence-electron chi connectivity index (χ2n) is 4.56. The topological polar surface area (TPSA) is 80.0 Å². The zero-order chi connectivity index (χ0) is 13.9. The fourth-order valence-corrected chi connectivity index (χ4v) is 2.22. The van der Waals surface area contributed by atoms with E-state index < -0.39 is 0 Å². The molecule has 1 fully saturated rings. The summed E-state index contributed by atoms with van der Waals surface area (Å²) in [5, 5.41) is 14.2. The standard InChI is InChI=1S/C13H13ClN4O2/c14-9-5-3-8(4-6-9)11(19)16-13-18-17-12(20-13)10-2-1-7-15-10/h3-6,10,15H,1-2,7H2,(H,16,18,19). The fraction of sp³-hybridized carbons (Fsp3) is 0.308. The molecule has 0 saturated carbocycles. The van der Waals surface area contributed by atoms with E-state index in [0.717, 1.165) is 19.4 Å². The van der Waals surface area contributed by atoms with E-state index in [0.29, 0.717) is 16.5 Å². The highest BCUT2D eigenvalue weighted by Gasteiger charge is 2.22. The molecular weight excluding hydrogens is 280 g/mol. The summed E-state index contributed by atoms with van der Waals surface area (Å²) in [5.74, 6) is 0.199. The van der Waals surface area contributed by atoms with Gasteiger partial charge in [0.05, 0.1) is 6.04 Å². The minimum atomic E-state index is -0.309. The normalized spacial score (nSPS) is 18.1. The van der Waals surface area contributed by atoms with Gasteiger partial charge in [-0.25, -0.2) is 0 Å². The Labute approximate surface area is 120 Å². The average Bonchev–Trinajstić information content (AvgIpc) is 3.09. The molecule has 1 aromatic heterocycles. The van der Waals surface area contributed by atoms with Crippen molar-refractivity contribution >= 4 is 23.5 Å². The molecule has 7 heteroatoms. The molecule has 20 heavy (non-hydrogen) atoms. The summed E-state index contributed by atoms with van der Waals surface area (Å²) >= 11 is 5.77. The van der Waals surface area contributed by atoms with Crippen molar-refractivity contribution < 1.29 is 9.21 Å². The van der Waals surface area contributed by atoms with Crippen LogP contribution in [0.3, 0.4) is 0 Å². The van der Waals surface area contributed by atoms with Crippen LogP contribution < -0.4 is 10.6 Å². The van der Waals surface area contributed by atoms with Gasteiger partial charge in [-0.15, -0.1) is 5.10 Å². The van der Waals surface area contributed by atoms with E-state index in [2.05, 4.69) is 20.8 Å². The highest BCUT2D eigenvalue weighted by atomic mass is 35.5. The van der Waals surface area contributed by atoms with Gasteiger partial charge >= 0.3 is 6.01 Å². The van der Waals surface area contributed by atoms with Crippen LogP contribution in [0, 0.1) is 0 Å². The first kappa shape index (κ1) is 13.1. The van der Waals surface area contributed by atoms with Gasteiger partial charge in [0, 0.05) is 10.6 Å². The van der Waals surface area contributed by atoms with E-state index in [1.165, 1.54) is 0 Å². The summed E-state index contributed by atoms with van der Waals surface area (Å²) in [7, 11) is 0. The number of halogens is 1. The van der Waals surface area contributed by atoms with Gasteiger partial charge in [-0.05, 0) is 43.7 Å². The maximum Gasteiger partial charge on any atom is 0.322 e. The van der Waals surface area contributed by atoms with Gasteiger partial charge < -0.3 is 9.73 Å². The highest BCUT2D eigenvalue weighted by Crippen LogP contribution is 2.23. The van der Waals surface area contributed by atoms with Crippen LogP contribution in [-0.2, 0) is 0 Å². The molecule has 3 rings (SSSR count). The van der Waals surface area contributed by atoms with E-state index in [4.69, 9.17) is 16.0 Å². The summed E-state index contributed by atoms with van der Waals surface area (Å²) in [5.41, 5.74) is 0.480. The van der Waals surface area contributed by atoms with Gasteiger partial charge in [-0.2, -0.15) is 0 Å². The number of carbonyl (C=O) groups excluding carboxylic acids is 1. The van der Waals surface area contributed by atoms with Gasteiger partial charge in [0.2, 0.25) is 5.89 Å². The molecule has 0 aliphatic carbocycles. The predicted molar refractivity (Wildman–Crippen MR) is 73.7 cm³/mol. The van der Waals surface area contributed by atoms with Crippen molar-refractivity contribution in [3.05, 3.63) is 40.7 Å². The molecule has 2 heterocycles. The highest BCUT2D eigenvalue weighted by molar-refractivity contribution is 6.30. The summed E-state index contributed by atoms with van der Waals surface area (Å²) in [4.78, 5) is 12.0. The lowest BCUT2D eigenvalue weighted by molar-refractivity contribution is 0.102. The number of nitrogens with one attached hydrogen (secondary N) is 2. The Hall–Kier alpha value is -1.92. The number of nitrogens with zero attached hydrogens (tertiary/aromatic N) is 2. The van der Waals surface area contributed by atoms with Crippen LogP contribution in [0.15, 0.2) is 28.7 Å². The van der Waals surface area contributed by atoms with Crippen molar-refractivity contribution in [3.8, 4) is 0 Å². The first-order valence-electron chi connectivity index (χ1n) is 6.36. The van der Waals surface area contributed by atoms with E-state index in [1.807, 2.05) is 0 Å². The van der Waals surface area contributed by atoms with Crippen molar-refractivity contribution in [2.24, 2.45) is 0 Å². The van der Waals surface area contributed by atoms with Gasteiger partial charge in [0.25, 0.3) is 5.91 Å². The number of amides is 1. The van der Waals surface area contributed by atoms with Crippen molar-refractivity contribution in [1.82, 2.24) is 15.5 Å². The maximum atomic E-state index is 12.0. The van der Waals surface area contributed by atoms with Gasteiger partial charge in [0.1, 0.15) is 0 Å². The van der Waals surface area contributed by atoms with Gasteiger partial charge in [-0.3, -0.25) is 10.1 Å². The van der Waals surface area contributed by atoms with Crippen molar-refractivity contribution in [2.45, 2.75) is 18.9 Å². The Morgan fingerprint density at radius 1 is 1.35 bits per heavy atom. The third-order valence-corrected chi connectivity index (χ3v) is 3.38. The number of benzene rings is 1. The Balaban J connectivity index is 1.68. The summed E-state index contributed by atoms with van der Waals surface area (Å²) in [6, 6.07) is 6.76. The number of anilines is 1. The van der Waals surface area contributed by atoms with Crippen LogP contribution in [-0.4, -0.2) is 22.6 Å². The van der Waals surface area contributed by atoms with Crippen LogP contribution in [0.4, 0.5) is 6.01 Å². The van der Waals surface area contributed by atoms with Crippen LogP contribution >= 0.6 is 11.6 Å². The molecule has 6 nitrogen and oxygen atoms in total. The Morgan fingerprint density at radius 2 is 2.15 bits per heavy atom. The molecule has 1 unspecified atom stereocenters. The average molecular weight is 293 g/mol.